The van der Waals surface area contributed by atoms with Crippen LogP contribution >= 0.6 is 0 Å². The first kappa shape index (κ1) is 15.3. The van der Waals surface area contributed by atoms with Crippen molar-refractivity contribution in [2.24, 2.45) is 5.92 Å². The average Bonchev–Trinajstić information content (AvgIpc) is 2.32. The van der Waals surface area contributed by atoms with Crippen molar-refractivity contribution in [3.8, 4) is 0 Å². The molecular formula is C15H21N3O3. The quantitative estimate of drug-likeness (QED) is 0.909. The van der Waals surface area contributed by atoms with E-state index in [2.05, 4.69) is 17.2 Å². The highest BCUT2D eigenvalue weighted by Crippen LogP contribution is 2.18. The molecule has 0 atom stereocenters. The van der Waals surface area contributed by atoms with Crippen molar-refractivity contribution in [3.05, 3.63) is 24.0 Å². The molecule has 0 unspecified atom stereocenters. The van der Waals surface area contributed by atoms with Crippen LogP contribution in [0.2, 0.25) is 0 Å². The van der Waals surface area contributed by atoms with Gasteiger partial charge in [0.15, 0.2) is 0 Å². The number of carbonyl (C=O) groups excluding carboxylic acids is 2. The van der Waals surface area contributed by atoms with Crippen LogP contribution in [0.25, 0.3) is 0 Å². The van der Waals surface area contributed by atoms with Gasteiger partial charge in [-0.15, -0.1) is 0 Å². The Labute approximate surface area is 124 Å². The van der Waals surface area contributed by atoms with Crippen molar-refractivity contribution in [2.75, 3.05) is 18.4 Å². The van der Waals surface area contributed by atoms with Crippen molar-refractivity contribution in [1.82, 2.24) is 9.88 Å². The Bertz CT molecular complexity index is 545. The topological polar surface area (TPSA) is 71.5 Å². The lowest BCUT2D eigenvalue weighted by atomic mass is 10.0. The maximum Gasteiger partial charge on any atom is 0.412 e. The molecule has 1 saturated heterocycles. The Kier molecular flexibility index (Phi) is 4.16. The molecule has 0 bridgehead atoms. The van der Waals surface area contributed by atoms with Crippen LogP contribution in [0.5, 0.6) is 0 Å². The smallest absolute Gasteiger partial charge is 0.412 e. The summed E-state index contributed by atoms with van der Waals surface area (Å²) in [6.07, 6.45) is 0.952. The number of anilines is 1. The van der Waals surface area contributed by atoms with Crippen LogP contribution in [0.4, 0.5) is 10.5 Å². The van der Waals surface area contributed by atoms with E-state index in [1.54, 1.807) is 37.8 Å². The third-order valence-electron chi connectivity index (χ3n) is 2.98. The fraction of sp³-hybridized carbons (Fsp3) is 0.533. The zero-order valence-electron chi connectivity index (χ0n) is 12.8. The Morgan fingerprint density at radius 3 is 2.62 bits per heavy atom. The molecule has 6 heteroatoms. The zero-order chi connectivity index (χ0) is 15.6. The van der Waals surface area contributed by atoms with Crippen LogP contribution in [0.1, 0.15) is 38.2 Å². The number of ether oxygens (including phenoxy) is 1. The van der Waals surface area contributed by atoms with Gasteiger partial charge in [0.25, 0.3) is 5.91 Å². The van der Waals surface area contributed by atoms with E-state index in [0.29, 0.717) is 17.3 Å². The predicted octanol–water partition coefficient (Wildman–Crippen LogP) is 2.52. The van der Waals surface area contributed by atoms with Crippen LogP contribution in [0.15, 0.2) is 18.3 Å². The normalized spacial score (nSPS) is 15.3. The number of hydrogen-bond acceptors (Lipinski definition) is 4. The van der Waals surface area contributed by atoms with Gasteiger partial charge < -0.3 is 9.64 Å². The second-order valence-corrected chi connectivity index (χ2v) is 6.37. The molecule has 21 heavy (non-hydrogen) atoms. The minimum Gasteiger partial charge on any atom is -0.444 e. The third-order valence-corrected chi connectivity index (χ3v) is 2.98. The van der Waals surface area contributed by atoms with Gasteiger partial charge in [-0.2, -0.15) is 0 Å². The summed E-state index contributed by atoms with van der Waals surface area (Å²) in [5, 5.41) is 2.61. The van der Waals surface area contributed by atoms with Gasteiger partial charge >= 0.3 is 6.09 Å². The number of likely N-dealkylation sites (tertiary alicyclic amines) is 1. The summed E-state index contributed by atoms with van der Waals surface area (Å²) in [6, 6.07) is 3.19. The summed E-state index contributed by atoms with van der Waals surface area (Å²) in [7, 11) is 0. The van der Waals surface area contributed by atoms with E-state index in [1.165, 1.54) is 6.20 Å². The molecule has 114 valence electrons. The summed E-state index contributed by atoms with van der Waals surface area (Å²) < 4.78 is 5.17. The zero-order valence-corrected chi connectivity index (χ0v) is 12.8. The van der Waals surface area contributed by atoms with E-state index in [-0.39, 0.29) is 5.91 Å². The Hall–Kier alpha value is -2.11. The maximum atomic E-state index is 12.2. The molecule has 1 N–H and O–H groups in total. The lowest BCUT2D eigenvalue weighted by Gasteiger charge is -2.36. The van der Waals surface area contributed by atoms with Crippen molar-refractivity contribution in [3.63, 3.8) is 0 Å². The molecule has 1 aromatic heterocycles. The van der Waals surface area contributed by atoms with Crippen LogP contribution in [-0.2, 0) is 4.74 Å². The van der Waals surface area contributed by atoms with Crippen LogP contribution < -0.4 is 5.32 Å². The average molecular weight is 291 g/mol. The molecule has 0 radical (unpaired) electrons. The molecule has 0 aliphatic carbocycles. The van der Waals surface area contributed by atoms with Gasteiger partial charge in [-0.3, -0.25) is 15.1 Å². The minimum atomic E-state index is -0.566. The van der Waals surface area contributed by atoms with Crippen molar-refractivity contribution >= 4 is 17.7 Å². The molecule has 1 fully saturated rings. The molecular weight excluding hydrogens is 270 g/mol. The summed E-state index contributed by atoms with van der Waals surface area (Å²) >= 11 is 0. The summed E-state index contributed by atoms with van der Waals surface area (Å²) in [5.41, 5.74) is 0.260. The fourth-order valence-corrected chi connectivity index (χ4v) is 2.07. The van der Waals surface area contributed by atoms with Gasteiger partial charge in [-0.1, -0.05) is 6.92 Å². The lowest BCUT2D eigenvalue weighted by molar-refractivity contribution is 0.0523. The first-order valence-electron chi connectivity index (χ1n) is 7.00. The molecule has 0 spiro atoms. The monoisotopic (exact) mass is 291 g/mol. The van der Waals surface area contributed by atoms with Gasteiger partial charge in [-0.05, 0) is 38.8 Å². The number of nitrogens with zero attached hydrogens (tertiary/aromatic N) is 2. The van der Waals surface area contributed by atoms with E-state index < -0.39 is 11.7 Å². The van der Waals surface area contributed by atoms with Crippen molar-refractivity contribution < 1.29 is 14.3 Å². The highest BCUT2D eigenvalue weighted by Gasteiger charge is 2.28. The molecule has 0 aromatic carbocycles. The number of carbonyl (C=O) groups is 2. The van der Waals surface area contributed by atoms with Crippen molar-refractivity contribution in [1.29, 1.82) is 0 Å². The molecule has 2 rings (SSSR count). The van der Waals surface area contributed by atoms with Gasteiger partial charge in [-0.25, -0.2) is 4.79 Å². The maximum absolute atomic E-state index is 12.2. The Morgan fingerprint density at radius 2 is 2.05 bits per heavy atom. The Morgan fingerprint density at radius 1 is 1.38 bits per heavy atom. The minimum absolute atomic E-state index is 0.110. The molecule has 1 aliphatic rings. The lowest BCUT2D eigenvalue weighted by Crippen LogP contribution is -2.48. The summed E-state index contributed by atoms with van der Waals surface area (Å²) in [5.74, 6) is 0.429. The first-order valence-corrected chi connectivity index (χ1v) is 7.00. The molecule has 2 amide bonds. The Balaban J connectivity index is 2.01. The molecule has 2 heterocycles. The van der Waals surface area contributed by atoms with E-state index in [0.717, 1.165) is 13.1 Å². The van der Waals surface area contributed by atoms with Crippen molar-refractivity contribution in [2.45, 2.75) is 33.3 Å². The predicted molar refractivity (Wildman–Crippen MR) is 79.2 cm³/mol. The molecule has 1 aromatic rings. The van der Waals surface area contributed by atoms with Gasteiger partial charge in [0, 0.05) is 25.0 Å². The second-order valence-electron chi connectivity index (χ2n) is 6.37. The highest BCUT2D eigenvalue weighted by atomic mass is 16.6. The molecule has 0 saturated carbocycles. The SMILES string of the molecule is CC1CN(C(=O)c2cc(NC(=O)OC(C)(C)C)ccn2)C1. The van der Waals surface area contributed by atoms with E-state index in [4.69, 9.17) is 4.74 Å². The number of pyridine rings is 1. The third kappa shape index (κ3) is 4.18. The summed E-state index contributed by atoms with van der Waals surface area (Å²) in [4.78, 5) is 29.7. The van der Waals surface area contributed by atoms with Crippen LogP contribution in [0, 0.1) is 5.92 Å². The van der Waals surface area contributed by atoms with E-state index in [9.17, 15) is 9.59 Å². The molecule has 1 aliphatic heterocycles. The molecule has 6 nitrogen and oxygen atoms in total. The highest BCUT2D eigenvalue weighted by molar-refractivity contribution is 5.94. The summed E-state index contributed by atoms with van der Waals surface area (Å²) in [6.45, 7) is 8.98. The number of hydrogen-bond donors (Lipinski definition) is 1. The van der Waals surface area contributed by atoms with Crippen LogP contribution in [-0.4, -0.2) is 40.6 Å². The first-order chi connectivity index (χ1) is 9.74. The van der Waals surface area contributed by atoms with Crippen LogP contribution in [0.3, 0.4) is 0 Å². The number of nitrogens with one attached hydrogen (secondary N) is 1. The number of amides is 2. The van der Waals surface area contributed by atoms with Gasteiger partial charge in [0.2, 0.25) is 0 Å². The number of aromatic nitrogens is 1. The second kappa shape index (κ2) is 5.71. The van der Waals surface area contributed by atoms with Gasteiger partial charge in [0.05, 0.1) is 0 Å². The van der Waals surface area contributed by atoms with E-state index in [1.807, 2.05) is 0 Å². The van der Waals surface area contributed by atoms with E-state index >= 15 is 0 Å². The largest absolute Gasteiger partial charge is 0.444 e. The number of rotatable bonds is 2. The fourth-order valence-electron chi connectivity index (χ4n) is 2.07. The van der Waals surface area contributed by atoms with Gasteiger partial charge in [0.1, 0.15) is 11.3 Å². The standard InChI is InChI=1S/C15H21N3O3/c1-10-8-18(9-10)13(19)12-7-11(5-6-16-12)17-14(20)21-15(2,3)4/h5-7,10H,8-9H2,1-4H3,(H,16,17,20).